The van der Waals surface area contributed by atoms with Crippen LogP contribution in [-0.4, -0.2) is 39.1 Å². The van der Waals surface area contributed by atoms with Crippen molar-refractivity contribution < 1.29 is 19.2 Å². The Hall–Kier alpha value is -1.85. The molecule has 1 aliphatic carbocycles. The molecule has 1 saturated heterocycles. The first-order valence-electron chi connectivity index (χ1n) is 7.06. The fraction of sp³-hybridized carbons (Fsp3) is 0.643. The van der Waals surface area contributed by atoms with Crippen LogP contribution in [0.5, 0.6) is 0 Å². The first kappa shape index (κ1) is 13.1. The SMILES string of the molecule is Cc1oncc1C(=O)N1C(C(=O)O)CC2CCCCC21. The molecule has 0 aromatic carbocycles. The smallest absolute Gasteiger partial charge is 0.326 e. The van der Waals surface area contributed by atoms with Gasteiger partial charge in [-0.05, 0) is 32.1 Å². The van der Waals surface area contributed by atoms with Gasteiger partial charge in [0, 0.05) is 6.04 Å². The highest BCUT2D eigenvalue weighted by Crippen LogP contribution is 2.40. The Balaban J connectivity index is 1.93. The molecule has 20 heavy (non-hydrogen) atoms. The molecule has 1 amide bonds. The molecule has 1 aromatic rings. The molecular weight excluding hydrogens is 260 g/mol. The third-order valence-electron chi connectivity index (χ3n) is 4.59. The maximum Gasteiger partial charge on any atom is 0.326 e. The molecule has 0 spiro atoms. The van der Waals surface area contributed by atoms with E-state index < -0.39 is 12.0 Å². The highest BCUT2D eigenvalue weighted by molar-refractivity contribution is 5.97. The summed E-state index contributed by atoms with van der Waals surface area (Å²) >= 11 is 0. The van der Waals surface area contributed by atoms with Gasteiger partial charge >= 0.3 is 5.97 Å². The summed E-state index contributed by atoms with van der Waals surface area (Å²) in [6.45, 7) is 1.67. The third kappa shape index (κ3) is 1.99. The van der Waals surface area contributed by atoms with Gasteiger partial charge in [0.1, 0.15) is 17.4 Å². The van der Waals surface area contributed by atoms with Crippen molar-refractivity contribution in [2.45, 2.75) is 51.1 Å². The molecular formula is C14H18N2O4. The quantitative estimate of drug-likeness (QED) is 0.892. The van der Waals surface area contributed by atoms with Crippen molar-refractivity contribution in [3.63, 3.8) is 0 Å². The van der Waals surface area contributed by atoms with Crippen LogP contribution >= 0.6 is 0 Å². The number of carbonyl (C=O) groups is 2. The Morgan fingerprint density at radius 2 is 2.15 bits per heavy atom. The van der Waals surface area contributed by atoms with Crippen molar-refractivity contribution in [3.8, 4) is 0 Å². The fourth-order valence-corrected chi connectivity index (χ4v) is 3.62. The van der Waals surface area contributed by atoms with Gasteiger partial charge < -0.3 is 14.5 Å². The van der Waals surface area contributed by atoms with Crippen molar-refractivity contribution in [2.24, 2.45) is 5.92 Å². The summed E-state index contributed by atoms with van der Waals surface area (Å²) in [4.78, 5) is 25.7. The second-order valence-electron chi connectivity index (χ2n) is 5.71. The van der Waals surface area contributed by atoms with Crippen LogP contribution in [0.3, 0.4) is 0 Å². The van der Waals surface area contributed by atoms with Crippen LogP contribution in [0.1, 0.15) is 48.2 Å². The summed E-state index contributed by atoms with van der Waals surface area (Å²) in [5.74, 6) is -0.417. The highest BCUT2D eigenvalue weighted by Gasteiger charge is 2.48. The van der Waals surface area contributed by atoms with E-state index in [9.17, 15) is 14.7 Å². The van der Waals surface area contributed by atoms with Crippen LogP contribution in [0.4, 0.5) is 0 Å². The van der Waals surface area contributed by atoms with E-state index in [4.69, 9.17) is 4.52 Å². The number of carboxylic acids is 1. The molecule has 0 radical (unpaired) electrons. The lowest BCUT2D eigenvalue weighted by Crippen LogP contribution is -2.46. The van der Waals surface area contributed by atoms with Crippen molar-refractivity contribution >= 4 is 11.9 Å². The average molecular weight is 278 g/mol. The molecule has 3 unspecified atom stereocenters. The van der Waals surface area contributed by atoms with Crippen LogP contribution in [0.2, 0.25) is 0 Å². The maximum absolute atomic E-state index is 12.7. The van der Waals surface area contributed by atoms with E-state index in [1.54, 1.807) is 11.8 Å². The number of hydrogen-bond acceptors (Lipinski definition) is 4. The topological polar surface area (TPSA) is 83.6 Å². The number of carboxylic acid groups (broad SMARTS) is 1. The van der Waals surface area contributed by atoms with Gasteiger partial charge in [0.05, 0.1) is 6.20 Å². The Morgan fingerprint density at radius 3 is 2.80 bits per heavy atom. The highest BCUT2D eigenvalue weighted by atomic mass is 16.5. The number of rotatable bonds is 2. The predicted molar refractivity (Wildman–Crippen MR) is 69.2 cm³/mol. The van der Waals surface area contributed by atoms with Gasteiger partial charge in [-0.3, -0.25) is 4.79 Å². The normalized spacial score (nSPS) is 29.2. The summed E-state index contributed by atoms with van der Waals surface area (Å²) in [6, 6.07) is -0.670. The van der Waals surface area contributed by atoms with Crippen molar-refractivity contribution in [2.75, 3.05) is 0 Å². The average Bonchev–Trinajstić information content (AvgIpc) is 3.01. The Labute approximate surface area is 116 Å². The zero-order chi connectivity index (χ0) is 14.3. The van der Waals surface area contributed by atoms with E-state index in [0.29, 0.717) is 23.7 Å². The number of carbonyl (C=O) groups excluding carboxylic acids is 1. The number of aliphatic carboxylic acids is 1. The van der Waals surface area contributed by atoms with Crippen molar-refractivity contribution in [1.29, 1.82) is 0 Å². The fourth-order valence-electron chi connectivity index (χ4n) is 3.62. The van der Waals surface area contributed by atoms with Crippen LogP contribution in [0, 0.1) is 12.8 Å². The number of aromatic nitrogens is 1. The molecule has 1 N–H and O–H groups in total. The molecule has 3 atom stereocenters. The Bertz CT molecular complexity index is 539. The Morgan fingerprint density at radius 1 is 1.40 bits per heavy atom. The van der Waals surface area contributed by atoms with Gasteiger partial charge in [0.25, 0.3) is 5.91 Å². The Kier molecular flexibility index (Phi) is 3.23. The minimum absolute atomic E-state index is 0.0478. The number of aryl methyl sites for hydroxylation is 1. The van der Waals surface area contributed by atoms with E-state index in [2.05, 4.69) is 5.16 Å². The van der Waals surface area contributed by atoms with Crippen molar-refractivity contribution in [1.82, 2.24) is 10.1 Å². The summed E-state index contributed by atoms with van der Waals surface area (Å²) < 4.78 is 4.93. The number of fused-ring (bicyclic) bond motifs is 1. The second-order valence-corrected chi connectivity index (χ2v) is 5.71. The summed E-state index contributed by atoms with van der Waals surface area (Å²) in [6.07, 6.45) is 6.04. The van der Waals surface area contributed by atoms with Gasteiger partial charge in [0.2, 0.25) is 0 Å². The summed E-state index contributed by atoms with van der Waals surface area (Å²) in [7, 11) is 0. The van der Waals surface area contributed by atoms with Crippen molar-refractivity contribution in [3.05, 3.63) is 17.5 Å². The zero-order valence-electron chi connectivity index (χ0n) is 11.4. The second kappa shape index (κ2) is 4.92. The number of amides is 1. The molecule has 6 nitrogen and oxygen atoms in total. The van der Waals surface area contributed by atoms with E-state index in [0.717, 1.165) is 25.7 Å². The summed E-state index contributed by atoms with van der Waals surface area (Å²) in [5.41, 5.74) is 0.377. The number of nitrogens with zero attached hydrogens (tertiary/aromatic N) is 2. The van der Waals surface area contributed by atoms with E-state index >= 15 is 0 Å². The summed E-state index contributed by atoms with van der Waals surface area (Å²) in [5, 5.41) is 13.0. The van der Waals surface area contributed by atoms with Gasteiger partial charge in [-0.15, -0.1) is 0 Å². The molecule has 108 valence electrons. The predicted octanol–water partition coefficient (Wildman–Crippen LogP) is 1.84. The van der Waals surface area contributed by atoms with Crippen LogP contribution in [0.15, 0.2) is 10.7 Å². The number of hydrogen-bond donors (Lipinski definition) is 1. The van der Waals surface area contributed by atoms with Gasteiger partial charge in [-0.1, -0.05) is 18.0 Å². The zero-order valence-corrected chi connectivity index (χ0v) is 11.4. The largest absolute Gasteiger partial charge is 0.480 e. The lowest BCUT2D eigenvalue weighted by Gasteiger charge is -2.32. The third-order valence-corrected chi connectivity index (χ3v) is 4.59. The first-order chi connectivity index (χ1) is 9.59. The molecule has 2 aliphatic rings. The van der Waals surface area contributed by atoms with Gasteiger partial charge in [-0.25, -0.2) is 4.79 Å². The monoisotopic (exact) mass is 278 g/mol. The maximum atomic E-state index is 12.7. The van der Waals surface area contributed by atoms with Gasteiger partial charge in [-0.2, -0.15) is 0 Å². The van der Waals surface area contributed by atoms with E-state index in [1.165, 1.54) is 6.20 Å². The first-order valence-corrected chi connectivity index (χ1v) is 7.06. The van der Waals surface area contributed by atoms with Gasteiger partial charge in [0.15, 0.2) is 0 Å². The minimum Gasteiger partial charge on any atom is -0.480 e. The molecule has 3 rings (SSSR count). The van der Waals surface area contributed by atoms with Crippen LogP contribution < -0.4 is 0 Å². The van der Waals surface area contributed by atoms with E-state index in [-0.39, 0.29) is 11.9 Å². The lowest BCUT2D eigenvalue weighted by molar-refractivity contribution is -0.141. The minimum atomic E-state index is -0.915. The van der Waals surface area contributed by atoms with E-state index in [1.807, 2.05) is 0 Å². The molecule has 1 aliphatic heterocycles. The lowest BCUT2D eigenvalue weighted by atomic mass is 9.84. The standard InChI is InChI=1S/C14H18N2O4/c1-8-10(7-15-20-8)13(17)16-11-5-3-2-4-9(11)6-12(16)14(18)19/h7,9,11-12H,2-6H2,1H3,(H,18,19). The molecule has 6 heteroatoms. The molecule has 2 fully saturated rings. The van der Waals surface area contributed by atoms with Crippen LogP contribution in [-0.2, 0) is 4.79 Å². The molecule has 0 bridgehead atoms. The van der Waals surface area contributed by atoms with Crippen LogP contribution in [0.25, 0.3) is 0 Å². The molecule has 1 saturated carbocycles. The molecule has 1 aromatic heterocycles. The molecule has 2 heterocycles. The number of likely N-dealkylation sites (tertiary alicyclic amines) is 1.